The van der Waals surface area contributed by atoms with Gasteiger partial charge in [0.2, 0.25) is 18.2 Å². The number of aliphatic hydroxyl groups is 3. The molecule has 0 amide bonds. The monoisotopic (exact) mass is 150 g/mol. The molecule has 0 saturated carbocycles. The SMILES string of the molecule is O=C(O)[C@@H](O)C(=O)C(O)O. The first-order chi connectivity index (χ1) is 4.46. The highest BCUT2D eigenvalue weighted by atomic mass is 16.5. The lowest BCUT2D eigenvalue weighted by Gasteiger charge is -2.04. The van der Waals surface area contributed by atoms with Crippen molar-refractivity contribution in [2.45, 2.75) is 12.4 Å². The maximum atomic E-state index is 10.2. The minimum Gasteiger partial charge on any atom is -0.479 e. The summed E-state index contributed by atoms with van der Waals surface area (Å²) in [5.74, 6) is -3.36. The normalized spacial score (nSPS) is 13.2. The van der Waals surface area contributed by atoms with E-state index in [0.29, 0.717) is 0 Å². The smallest absolute Gasteiger partial charge is 0.340 e. The second kappa shape index (κ2) is 3.25. The van der Waals surface area contributed by atoms with Crippen molar-refractivity contribution in [3.8, 4) is 0 Å². The van der Waals surface area contributed by atoms with Crippen molar-refractivity contribution in [3.05, 3.63) is 0 Å². The molecule has 1 atom stereocenters. The number of carbonyl (C=O) groups excluding carboxylic acids is 1. The van der Waals surface area contributed by atoms with E-state index in [-0.39, 0.29) is 0 Å². The van der Waals surface area contributed by atoms with Gasteiger partial charge in [0.25, 0.3) is 0 Å². The van der Waals surface area contributed by atoms with Crippen molar-refractivity contribution in [3.63, 3.8) is 0 Å². The van der Waals surface area contributed by atoms with E-state index in [0.717, 1.165) is 0 Å². The molecule has 0 saturated heterocycles. The number of carbonyl (C=O) groups is 2. The van der Waals surface area contributed by atoms with Gasteiger partial charge in [-0.1, -0.05) is 0 Å². The summed E-state index contributed by atoms with van der Waals surface area (Å²) in [6, 6.07) is 0. The number of rotatable bonds is 3. The summed E-state index contributed by atoms with van der Waals surface area (Å²) >= 11 is 0. The van der Waals surface area contributed by atoms with Crippen molar-refractivity contribution < 1.29 is 30.0 Å². The predicted molar refractivity (Wildman–Crippen MR) is 26.9 cm³/mol. The number of hydrogen-bond donors (Lipinski definition) is 4. The Bertz CT molecular complexity index is 150. The number of carboxylic acid groups (broad SMARTS) is 1. The van der Waals surface area contributed by atoms with Crippen LogP contribution in [-0.4, -0.2) is 44.6 Å². The van der Waals surface area contributed by atoms with Crippen molar-refractivity contribution >= 4 is 11.8 Å². The Kier molecular flexibility index (Phi) is 2.94. The largest absolute Gasteiger partial charge is 0.479 e. The molecule has 0 bridgehead atoms. The van der Waals surface area contributed by atoms with Crippen LogP contribution < -0.4 is 0 Å². The quantitative estimate of drug-likeness (QED) is 0.257. The first-order valence-corrected chi connectivity index (χ1v) is 2.27. The molecule has 0 aliphatic heterocycles. The molecule has 0 aliphatic rings. The van der Waals surface area contributed by atoms with Crippen LogP contribution in [0, 0.1) is 0 Å². The first-order valence-electron chi connectivity index (χ1n) is 2.27. The molecule has 10 heavy (non-hydrogen) atoms. The van der Waals surface area contributed by atoms with E-state index < -0.39 is 24.1 Å². The van der Waals surface area contributed by atoms with Crippen molar-refractivity contribution in [1.82, 2.24) is 0 Å². The molecular weight excluding hydrogens is 144 g/mol. The minimum absolute atomic E-state index is 1.55. The third kappa shape index (κ3) is 2.09. The fourth-order valence-electron chi connectivity index (χ4n) is 0.263. The molecule has 0 unspecified atom stereocenters. The molecule has 4 N–H and O–H groups in total. The Morgan fingerprint density at radius 1 is 1.10 bits per heavy atom. The zero-order chi connectivity index (χ0) is 8.31. The predicted octanol–water partition coefficient (Wildman–Crippen LogP) is -2.69. The Hall–Kier alpha value is -0.980. The van der Waals surface area contributed by atoms with Crippen LogP contribution in [-0.2, 0) is 9.59 Å². The minimum atomic E-state index is -2.44. The summed E-state index contributed by atoms with van der Waals surface area (Å²) < 4.78 is 0. The second-order valence-corrected chi connectivity index (χ2v) is 1.52. The number of aliphatic hydroxyl groups excluding tert-OH is 2. The number of aliphatic carboxylic acids is 1. The van der Waals surface area contributed by atoms with E-state index in [1.807, 2.05) is 0 Å². The summed E-state index contributed by atoms with van der Waals surface area (Å²) in [5, 5.41) is 32.3. The summed E-state index contributed by atoms with van der Waals surface area (Å²) in [4.78, 5) is 19.9. The average Bonchev–Trinajstić information content (AvgIpc) is 1.84. The van der Waals surface area contributed by atoms with E-state index >= 15 is 0 Å². The van der Waals surface area contributed by atoms with Gasteiger partial charge in [-0.2, -0.15) is 0 Å². The zero-order valence-corrected chi connectivity index (χ0v) is 4.76. The third-order valence-electron chi connectivity index (χ3n) is 0.758. The van der Waals surface area contributed by atoms with Gasteiger partial charge in [-0.25, -0.2) is 4.79 Å². The lowest BCUT2D eigenvalue weighted by Crippen LogP contribution is -2.37. The van der Waals surface area contributed by atoms with Gasteiger partial charge in [-0.05, 0) is 0 Å². The summed E-state index contributed by atoms with van der Waals surface area (Å²) in [6.45, 7) is 0. The first kappa shape index (κ1) is 9.02. The summed E-state index contributed by atoms with van der Waals surface area (Å²) in [5.41, 5.74) is 0. The highest BCUT2D eigenvalue weighted by Gasteiger charge is 2.27. The van der Waals surface area contributed by atoms with E-state index in [4.69, 9.17) is 20.4 Å². The van der Waals surface area contributed by atoms with E-state index in [1.54, 1.807) is 0 Å². The molecule has 0 aliphatic carbocycles. The van der Waals surface area contributed by atoms with Crippen LogP contribution in [0.2, 0.25) is 0 Å². The molecule has 0 aromatic carbocycles. The number of Topliss-reactive ketones (excluding diaryl/α,β-unsaturated/α-hetero) is 1. The molecule has 58 valence electrons. The molecule has 0 aromatic heterocycles. The highest BCUT2D eigenvalue weighted by Crippen LogP contribution is 1.89. The standard InChI is InChI=1S/C4H6O6/c5-1(3(7)8)2(6)4(9)10/h1,4-5,9-10H,(H,7,8)/t1-/m0/s1. The third-order valence-corrected chi connectivity index (χ3v) is 0.758. The van der Waals surface area contributed by atoms with Gasteiger partial charge in [0.1, 0.15) is 0 Å². The van der Waals surface area contributed by atoms with Crippen LogP contribution in [0.3, 0.4) is 0 Å². The van der Waals surface area contributed by atoms with Gasteiger partial charge in [0, 0.05) is 0 Å². The van der Waals surface area contributed by atoms with Crippen LogP contribution in [0.4, 0.5) is 0 Å². The highest BCUT2D eigenvalue weighted by molar-refractivity contribution is 6.02. The van der Waals surface area contributed by atoms with Crippen LogP contribution in [0.1, 0.15) is 0 Å². The topological polar surface area (TPSA) is 115 Å². The molecule has 0 radical (unpaired) electrons. The van der Waals surface area contributed by atoms with E-state index in [9.17, 15) is 9.59 Å². The fraction of sp³-hybridized carbons (Fsp3) is 0.500. The summed E-state index contributed by atoms with van der Waals surface area (Å²) in [7, 11) is 0. The summed E-state index contributed by atoms with van der Waals surface area (Å²) in [6.07, 6.45) is -4.80. The maximum Gasteiger partial charge on any atom is 0.340 e. The molecule has 0 rings (SSSR count). The molecule has 0 heterocycles. The Balaban J connectivity index is 4.08. The van der Waals surface area contributed by atoms with Gasteiger partial charge in [-0.15, -0.1) is 0 Å². The van der Waals surface area contributed by atoms with Crippen molar-refractivity contribution in [2.24, 2.45) is 0 Å². The van der Waals surface area contributed by atoms with Crippen LogP contribution in [0.25, 0.3) is 0 Å². The molecule has 0 aromatic rings. The van der Waals surface area contributed by atoms with Crippen molar-refractivity contribution in [2.75, 3.05) is 0 Å². The maximum absolute atomic E-state index is 10.2. The van der Waals surface area contributed by atoms with E-state index in [1.165, 1.54) is 0 Å². The van der Waals surface area contributed by atoms with Gasteiger partial charge >= 0.3 is 5.97 Å². The van der Waals surface area contributed by atoms with Crippen LogP contribution >= 0.6 is 0 Å². The molecule has 0 fully saturated rings. The second-order valence-electron chi connectivity index (χ2n) is 1.52. The van der Waals surface area contributed by atoms with Gasteiger partial charge in [0.05, 0.1) is 0 Å². The Labute approximate surface area is 55.3 Å². The zero-order valence-electron chi connectivity index (χ0n) is 4.76. The number of carboxylic acids is 1. The van der Waals surface area contributed by atoms with Gasteiger partial charge in [0.15, 0.2) is 0 Å². The molecule has 6 nitrogen and oxygen atoms in total. The molecule has 6 heteroatoms. The number of hydrogen-bond acceptors (Lipinski definition) is 5. The van der Waals surface area contributed by atoms with Gasteiger partial charge < -0.3 is 20.4 Å². The Morgan fingerprint density at radius 3 is 1.60 bits per heavy atom. The number of ketones is 1. The Morgan fingerprint density at radius 2 is 1.50 bits per heavy atom. The van der Waals surface area contributed by atoms with Gasteiger partial charge in [-0.3, -0.25) is 4.79 Å². The average molecular weight is 150 g/mol. The van der Waals surface area contributed by atoms with Crippen LogP contribution in [0.5, 0.6) is 0 Å². The van der Waals surface area contributed by atoms with Crippen LogP contribution in [0.15, 0.2) is 0 Å². The van der Waals surface area contributed by atoms with E-state index in [2.05, 4.69) is 0 Å². The van der Waals surface area contributed by atoms with Crippen molar-refractivity contribution in [1.29, 1.82) is 0 Å². The fourth-order valence-corrected chi connectivity index (χ4v) is 0.263. The molecule has 0 spiro atoms. The lowest BCUT2D eigenvalue weighted by molar-refractivity contribution is -0.165. The molecular formula is C4H6O6. The lowest BCUT2D eigenvalue weighted by atomic mass is 10.2.